The SMILES string of the molecule is O=S(=O)(Nc1nc2ccccc2nc1NCCc1ccccc1)c1cc(Cl)ccc1Cl. The molecule has 0 radical (unpaired) electrons. The van der Waals surface area contributed by atoms with Crippen molar-refractivity contribution >= 4 is 55.9 Å². The fourth-order valence-electron chi connectivity index (χ4n) is 3.03. The molecule has 1 heterocycles. The minimum atomic E-state index is -4.04. The Kier molecular flexibility index (Phi) is 6.27. The van der Waals surface area contributed by atoms with Gasteiger partial charge in [-0.05, 0) is 42.3 Å². The molecule has 6 nitrogen and oxygen atoms in total. The Bertz CT molecular complexity index is 1330. The normalized spacial score (nSPS) is 11.4. The summed E-state index contributed by atoms with van der Waals surface area (Å²) in [6.07, 6.45) is 0.738. The van der Waals surface area contributed by atoms with Crippen LogP contribution in [0.2, 0.25) is 10.0 Å². The second-order valence-corrected chi connectivity index (χ2v) is 9.25. The smallest absolute Gasteiger partial charge is 0.264 e. The molecule has 4 aromatic rings. The van der Waals surface area contributed by atoms with E-state index in [9.17, 15) is 8.42 Å². The molecule has 0 aliphatic heterocycles. The van der Waals surface area contributed by atoms with E-state index in [2.05, 4.69) is 20.0 Å². The molecule has 3 aromatic carbocycles. The van der Waals surface area contributed by atoms with Crippen LogP contribution in [0.4, 0.5) is 11.6 Å². The quantitative estimate of drug-likeness (QED) is 0.376. The lowest BCUT2D eigenvalue weighted by Gasteiger charge is -2.14. The maximum atomic E-state index is 13.0. The van der Waals surface area contributed by atoms with Crippen LogP contribution in [0.5, 0.6) is 0 Å². The number of nitrogens with one attached hydrogen (secondary N) is 2. The van der Waals surface area contributed by atoms with Crippen LogP contribution in [0.3, 0.4) is 0 Å². The first-order valence-electron chi connectivity index (χ1n) is 9.45. The third-order valence-corrected chi connectivity index (χ3v) is 6.59. The molecule has 31 heavy (non-hydrogen) atoms. The van der Waals surface area contributed by atoms with Crippen molar-refractivity contribution in [2.24, 2.45) is 0 Å². The molecular formula is C22H18Cl2N4O2S. The average Bonchev–Trinajstić information content (AvgIpc) is 2.76. The standard InChI is InChI=1S/C22H18Cl2N4O2S/c23-16-10-11-17(24)20(14-16)31(29,30)28-22-21(25-13-12-15-6-2-1-3-7-15)26-18-8-4-5-9-19(18)27-22/h1-11,14H,12-13H2,(H,25,26)(H,27,28). The number of halogens is 2. The summed E-state index contributed by atoms with van der Waals surface area (Å²) in [6, 6.07) is 21.4. The highest BCUT2D eigenvalue weighted by Gasteiger charge is 2.22. The number of anilines is 2. The van der Waals surface area contributed by atoms with Crippen LogP contribution in [0.1, 0.15) is 5.56 Å². The largest absolute Gasteiger partial charge is 0.367 e. The molecule has 2 N–H and O–H groups in total. The summed E-state index contributed by atoms with van der Waals surface area (Å²) >= 11 is 12.1. The van der Waals surface area contributed by atoms with E-state index in [4.69, 9.17) is 23.2 Å². The van der Waals surface area contributed by atoms with Gasteiger partial charge in [-0.15, -0.1) is 0 Å². The fraction of sp³-hybridized carbons (Fsp3) is 0.0909. The van der Waals surface area contributed by atoms with E-state index in [0.29, 0.717) is 23.4 Å². The second-order valence-electron chi connectivity index (χ2n) is 6.75. The second kappa shape index (κ2) is 9.09. The van der Waals surface area contributed by atoms with Gasteiger partial charge in [0.1, 0.15) is 4.90 Å². The summed E-state index contributed by atoms with van der Waals surface area (Å²) < 4.78 is 28.5. The molecular weight excluding hydrogens is 455 g/mol. The number of hydrogen-bond acceptors (Lipinski definition) is 5. The number of benzene rings is 3. The molecule has 0 fully saturated rings. The highest BCUT2D eigenvalue weighted by atomic mass is 35.5. The van der Waals surface area contributed by atoms with Crippen molar-refractivity contribution in [1.82, 2.24) is 9.97 Å². The number of aromatic nitrogens is 2. The monoisotopic (exact) mass is 472 g/mol. The van der Waals surface area contributed by atoms with E-state index in [0.717, 1.165) is 12.0 Å². The molecule has 0 saturated heterocycles. The molecule has 0 bridgehead atoms. The molecule has 158 valence electrons. The molecule has 0 aliphatic rings. The van der Waals surface area contributed by atoms with E-state index in [1.54, 1.807) is 6.07 Å². The van der Waals surface area contributed by atoms with Gasteiger partial charge in [-0.25, -0.2) is 18.4 Å². The van der Waals surface area contributed by atoms with Crippen molar-refractivity contribution in [2.45, 2.75) is 11.3 Å². The summed E-state index contributed by atoms with van der Waals surface area (Å²) in [5.41, 5.74) is 2.36. The molecule has 0 saturated carbocycles. The van der Waals surface area contributed by atoms with Crippen LogP contribution in [0, 0.1) is 0 Å². The lowest BCUT2D eigenvalue weighted by atomic mass is 10.1. The van der Waals surface area contributed by atoms with E-state index < -0.39 is 10.0 Å². The molecule has 0 aliphatic carbocycles. The van der Waals surface area contributed by atoms with Crippen LogP contribution in [0.15, 0.2) is 77.7 Å². The Morgan fingerprint density at radius 1 is 0.806 bits per heavy atom. The molecule has 0 unspecified atom stereocenters. The molecule has 4 rings (SSSR count). The van der Waals surface area contributed by atoms with Gasteiger partial charge in [0.2, 0.25) is 0 Å². The Morgan fingerprint density at radius 3 is 2.16 bits per heavy atom. The van der Waals surface area contributed by atoms with Crippen LogP contribution in [0.25, 0.3) is 11.0 Å². The number of para-hydroxylation sites is 2. The summed E-state index contributed by atoms with van der Waals surface area (Å²) in [4.78, 5) is 8.90. The number of fused-ring (bicyclic) bond motifs is 1. The summed E-state index contributed by atoms with van der Waals surface area (Å²) in [5, 5.41) is 3.51. The van der Waals surface area contributed by atoms with E-state index >= 15 is 0 Å². The Hall–Kier alpha value is -2.87. The van der Waals surface area contributed by atoms with Crippen LogP contribution < -0.4 is 10.0 Å². The zero-order valence-corrected chi connectivity index (χ0v) is 18.5. The van der Waals surface area contributed by atoms with Crippen LogP contribution >= 0.6 is 23.2 Å². The van der Waals surface area contributed by atoms with Crippen molar-refractivity contribution in [1.29, 1.82) is 0 Å². The van der Waals surface area contributed by atoms with Gasteiger partial charge in [-0.2, -0.15) is 0 Å². The zero-order chi connectivity index (χ0) is 21.8. The van der Waals surface area contributed by atoms with Crippen molar-refractivity contribution < 1.29 is 8.42 Å². The van der Waals surface area contributed by atoms with Gasteiger partial charge in [0.25, 0.3) is 10.0 Å². The van der Waals surface area contributed by atoms with Gasteiger partial charge in [-0.3, -0.25) is 4.72 Å². The van der Waals surface area contributed by atoms with E-state index in [-0.39, 0.29) is 20.8 Å². The highest BCUT2D eigenvalue weighted by molar-refractivity contribution is 7.92. The third-order valence-electron chi connectivity index (χ3n) is 4.53. The zero-order valence-electron chi connectivity index (χ0n) is 16.2. The maximum Gasteiger partial charge on any atom is 0.264 e. The van der Waals surface area contributed by atoms with Crippen molar-refractivity contribution in [3.8, 4) is 0 Å². The van der Waals surface area contributed by atoms with Gasteiger partial charge >= 0.3 is 0 Å². The Labute approximate surface area is 190 Å². The van der Waals surface area contributed by atoms with E-state index in [1.165, 1.54) is 18.2 Å². The van der Waals surface area contributed by atoms with Crippen molar-refractivity contribution in [3.63, 3.8) is 0 Å². The molecule has 0 spiro atoms. The van der Waals surface area contributed by atoms with Crippen molar-refractivity contribution in [2.75, 3.05) is 16.6 Å². The molecule has 0 amide bonds. The Balaban J connectivity index is 1.66. The number of nitrogens with zero attached hydrogens (tertiary/aromatic N) is 2. The van der Waals surface area contributed by atoms with Crippen LogP contribution in [-0.4, -0.2) is 24.9 Å². The number of hydrogen-bond donors (Lipinski definition) is 2. The van der Waals surface area contributed by atoms with Gasteiger partial charge in [0, 0.05) is 11.6 Å². The van der Waals surface area contributed by atoms with Gasteiger partial charge in [-0.1, -0.05) is 65.7 Å². The fourth-order valence-corrected chi connectivity index (χ4v) is 4.80. The Morgan fingerprint density at radius 2 is 1.45 bits per heavy atom. The number of sulfonamides is 1. The third kappa shape index (κ3) is 5.07. The molecule has 1 aromatic heterocycles. The van der Waals surface area contributed by atoms with Crippen LogP contribution in [-0.2, 0) is 16.4 Å². The summed E-state index contributed by atoms with van der Waals surface area (Å²) in [5.74, 6) is 0.416. The number of rotatable bonds is 7. The molecule has 9 heteroatoms. The van der Waals surface area contributed by atoms with Crippen molar-refractivity contribution in [3.05, 3.63) is 88.4 Å². The first-order valence-corrected chi connectivity index (χ1v) is 11.7. The lowest BCUT2D eigenvalue weighted by molar-refractivity contribution is 0.601. The first kappa shape index (κ1) is 21.4. The van der Waals surface area contributed by atoms with E-state index in [1.807, 2.05) is 48.5 Å². The van der Waals surface area contributed by atoms with Gasteiger partial charge in [0.05, 0.1) is 16.1 Å². The first-order chi connectivity index (χ1) is 14.9. The summed E-state index contributed by atoms with van der Waals surface area (Å²) in [7, 11) is -4.04. The highest BCUT2D eigenvalue weighted by Crippen LogP contribution is 2.29. The van der Waals surface area contributed by atoms with Gasteiger partial charge < -0.3 is 5.32 Å². The topological polar surface area (TPSA) is 84.0 Å². The minimum absolute atomic E-state index is 0.0595. The lowest BCUT2D eigenvalue weighted by Crippen LogP contribution is -2.17. The van der Waals surface area contributed by atoms with Gasteiger partial charge in [0.15, 0.2) is 11.6 Å². The maximum absolute atomic E-state index is 13.0. The predicted octanol–water partition coefficient (Wildman–Crippen LogP) is 5.39. The summed E-state index contributed by atoms with van der Waals surface area (Å²) in [6.45, 7) is 0.545. The molecule has 0 atom stereocenters. The minimum Gasteiger partial charge on any atom is -0.367 e. The predicted molar refractivity (Wildman–Crippen MR) is 125 cm³/mol. The average molecular weight is 473 g/mol.